The fraction of sp³-hybridized carbons (Fsp3) is 0.370. The van der Waals surface area contributed by atoms with Crippen LogP contribution in [0.2, 0.25) is 0 Å². The van der Waals surface area contributed by atoms with Gasteiger partial charge in [-0.15, -0.1) is 11.3 Å². The van der Waals surface area contributed by atoms with E-state index >= 15 is 0 Å². The Morgan fingerprint density at radius 1 is 0.909 bits per heavy atom. The summed E-state index contributed by atoms with van der Waals surface area (Å²) in [5.41, 5.74) is 2.07. The summed E-state index contributed by atoms with van der Waals surface area (Å²) in [7, 11) is 0. The van der Waals surface area contributed by atoms with Crippen molar-refractivity contribution in [2.45, 2.75) is 31.6 Å². The van der Waals surface area contributed by atoms with Gasteiger partial charge in [-0.2, -0.15) is 0 Å². The zero-order valence-corrected chi connectivity index (χ0v) is 19.5. The molecular formula is C27H29N3O2S. The van der Waals surface area contributed by atoms with E-state index in [0.717, 1.165) is 54.9 Å². The van der Waals surface area contributed by atoms with E-state index in [2.05, 4.69) is 23.1 Å². The van der Waals surface area contributed by atoms with Gasteiger partial charge >= 0.3 is 0 Å². The molecule has 0 saturated carbocycles. The lowest BCUT2D eigenvalue weighted by molar-refractivity contribution is -0.140. The molecule has 5 nitrogen and oxygen atoms in total. The van der Waals surface area contributed by atoms with Gasteiger partial charge in [0.1, 0.15) is 0 Å². The third kappa shape index (κ3) is 5.01. The molecule has 2 saturated heterocycles. The first-order valence-corrected chi connectivity index (χ1v) is 12.7. The van der Waals surface area contributed by atoms with E-state index < -0.39 is 0 Å². The Kier molecular flexibility index (Phi) is 6.53. The number of para-hydroxylation sites is 1. The molecule has 1 aromatic heterocycles. The maximum atomic E-state index is 13.3. The van der Waals surface area contributed by atoms with Crippen LogP contribution in [-0.2, 0) is 9.59 Å². The van der Waals surface area contributed by atoms with Crippen molar-refractivity contribution < 1.29 is 9.59 Å². The molecule has 0 radical (unpaired) electrons. The van der Waals surface area contributed by atoms with Crippen LogP contribution in [0, 0.1) is 5.92 Å². The topological polar surface area (TPSA) is 53.5 Å². The number of fused-ring (bicyclic) bond motifs is 1. The van der Waals surface area contributed by atoms with Crippen LogP contribution in [0.15, 0.2) is 60.7 Å². The second-order valence-electron chi connectivity index (χ2n) is 8.99. The molecule has 33 heavy (non-hydrogen) atoms. The van der Waals surface area contributed by atoms with E-state index in [1.54, 1.807) is 17.4 Å². The summed E-state index contributed by atoms with van der Waals surface area (Å²) in [5.74, 6) is 0.623. The SMILES string of the molecule is O=C(/C=C/c1ccccc1)N1CCC(C(=O)N2CCCC(c3nc4ccccc4s3)C2)CC1. The van der Waals surface area contributed by atoms with Gasteiger partial charge in [-0.1, -0.05) is 42.5 Å². The molecule has 0 spiro atoms. The molecule has 3 aromatic rings. The molecule has 1 unspecified atom stereocenters. The predicted molar refractivity (Wildman–Crippen MR) is 133 cm³/mol. The van der Waals surface area contributed by atoms with Gasteiger partial charge in [0.05, 0.1) is 15.2 Å². The highest BCUT2D eigenvalue weighted by molar-refractivity contribution is 7.18. The summed E-state index contributed by atoms with van der Waals surface area (Å²) < 4.78 is 1.22. The van der Waals surface area contributed by atoms with Crippen molar-refractivity contribution in [3.63, 3.8) is 0 Å². The van der Waals surface area contributed by atoms with Crippen LogP contribution in [-0.4, -0.2) is 52.8 Å². The predicted octanol–water partition coefficient (Wildman–Crippen LogP) is 4.95. The van der Waals surface area contributed by atoms with Gasteiger partial charge in [-0.3, -0.25) is 9.59 Å². The number of carbonyl (C=O) groups excluding carboxylic acids is 2. The smallest absolute Gasteiger partial charge is 0.246 e. The first-order chi connectivity index (χ1) is 16.2. The minimum absolute atomic E-state index is 0.0151. The van der Waals surface area contributed by atoms with Crippen molar-refractivity contribution in [2.75, 3.05) is 26.2 Å². The molecule has 0 N–H and O–H groups in total. The summed E-state index contributed by atoms with van der Waals surface area (Å²) in [6.45, 7) is 2.88. The van der Waals surface area contributed by atoms with E-state index in [1.165, 1.54) is 4.70 Å². The van der Waals surface area contributed by atoms with Gasteiger partial charge in [-0.25, -0.2) is 4.98 Å². The number of amides is 2. The van der Waals surface area contributed by atoms with Crippen LogP contribution in [0.3, 0.4) is 0 Å². The number of benzene rings is 2. The number of carbonyl (C=O) groups is 2. The van der Waals surface area contributed by atoms with Gasteiger partial charge in [0, 0.05) is 44.1 Å². The van der Waals surface area contributed by atoms with E-state index in [-0.39, 0.29) is 17.7 Å². The van der Waals surface area contributed by atoms with Crippen LogP contribution in [0.4, 0.5) is 0 Å². The van der Waals surface area contributed by atoms with E-state index in [4.69, 9.17) is 4.98 Å². The number of likely N-dealkylation sites (tertiary alicyclic amines) is 2. The molecule has 2 fully saturated rings. The molecule has 6 heteroatoms. The minimum Gasteiger partial charge on any atom is -0.342 e. The summed E-state index contributed by atoms with van der Waals surface area (Å²) >= 11 is 1.76. The fourth-order valence-electron chi connectivity index (χ4n) is 4.89. The molecule has 2 aliphatic rings. The van der Waals surface area contributed by atoms with E-state index in [9.17, 15) is 9.59 Å². The summed E-state index contributed by atoms with van der Waals surface area (Å²) in [5, 5.41) is 1.15. The second-order valence-corrected chi connectivity index (χ2v) is 10.0. The highest BCUT2D eigenvalue weighted by atomic mass is 32.1. The number of rotatable bonds is 4. The van der Waals surface area contributed by atoms with E-state index in [1.807, 2.05) is 47.4 Å². The average molecular weight is 460 g/mol. The zero-order chi connectivity index (χ0) is 22.6. The molecule has 2 aliphatic heterocycles. The van der Waals surface area contributed by atoms with Crippen LogP contribution >= 0.6 is 11.3 Å². The fourth-order valence-corrected chi connectivity index (χ4v) is 5.98. The van der Waals surface area contributed by atoms with Crippen LogP contribution in [0.25, 0.3) is 16.3 Å². The Bertz CT molecular complexity index is 1120. The standard InChI is InChI=1S/C27H29N3O2S/c31-25(13-12-20-7-2-1-3-8-20)29-17-14-21(15-18-29)27(32)30-16-6-9-22(19-30)26-28-23-10-4-5-11-24(23)33-26/h1-5,7-8,10-13,21-22H,6,9,14-19H2/b13-12+. The van der Waals surface area contributed by atoms with Gasteiger partial charge < -0.3 is 9.80 Å². The molecule has 0 aliphatic carbocycles. The number of aromatic nitrogens is 1. The molecule has 2 amide bonds. The number of hydrogen-bond acceptors (Lipinski definition) is 4. The molecule has 170 valence electrons. The number of hydrogen-bond donors (Lipinski definition) is 0. The second kappa shape index (κ2) is 9.87. The normalized spacial score (nSPS) is 19.9. The highest BCUT2D eigenvalue weighted by Crippen LogP contribution is 2.34. The lowest BCUT2D eigenvalue weighted by atomic mass is 9.92. The van der Waals surface area contributed by atoms with Crippen molar-refractivity contribution >= 4 is 39.4 Å². The zero-order valence-electron chi connectivity index (χ0n) is 18.7. The van der Waals surface area contributed by atoms with Crippen molar-refractivity contribution in [3.8, 4) is 0 Å². The van der Waals surface area contributed by atoms with Crippen LogP contribution in [0.1, 0.15) is 42.2 Å². The molecule has 5 rings (SSSR count). The number of nitrogens with zero attached hydrogens (tertiary/aromatic N) is 3. The lowest BCUT2D eigenvalue weighted by Crippen LogP contribution is -2.46. The van der Waals surface area contributed by atoms with Gasteiger partial charge in [0.25, 0.3) is 0 Å². The Hall–Kier alpha value is -2.99. The van der Waals surface area contributed by atoms with Gasteiger partial charge in [-0.05, 0) is 49.5 Å². The van der Waals surface area contributed by atoms with Crippen LogP contribution < -0.4 is 0 Å². The van der Waals surface area contributed by atoms with Crippen molar-refractivity contribution in [2.24, 2.45) is 5.92 Å². The Labute approximate surface area is 198 Å². The molecular weight excluding hydrogens is 430 g/mol. The Morgan fingerprint density at radius 3 is 2.45 bits per heavy atom. The summed E-state index contributed by atoms with van der Waals surface area (Å²) in [6, 6.07) is 18.1. The Morgan fingerprint density at radius 2 is 1.67 bits per heavy atom. The number of piperidine rings is 2. The first-order valence-electron chi connectivity index (χ1n) is 11.8. The Balaban J connectivity index is 1.16. The largest absolute Gasteiger partial charge is 0.342 e. The van der Waals surface area contributed by atoms with Gasteiger partial charge in [0.15, 0.2) is 0 Å². The quantitative estimate of drug-likeness (QED) is 0.519. The monoisotopic (exact) mass is 459 g/mol. The van der Waals surface area contributed by atoms with Crippen LogP contribution in [0.5, 0.6) is 0 Å². The summed E-state index contributed by atoms with van der Waals surface area (Å²) in [4.78, 5) is 34.6. The molecule has 2 aromatic carbocycles. The third-order valence-corrected chi connectivity index (χ3v) is 7.97. The molecule has 1 atom stereocenters. The first kappa shape index (κ1) is 21.8. The maximum Gasteiger partial charge on any atom is 0.246 e. The molecule has 3 heterocycles. The average Bonchev–Trinajstić information content (AvgIpc) is 3.32. The lowest BCUT2D eigenvalue weighted by Gasteiger charge is -2.37. The maximum absolute atomic E-state index is 13.3. The summed E-state index contributed by atoms with van der Waals surface area (Å²) in [6.07, 6.45) is 7.09. The minimum atomic E-state index is 0.0151. The van der Waals surface area contributed by atoms with Crippen molar-refractivity contribution in [1.29, 1.82) is 0 Å². The third-order valence-electron chi connectivity index (χ3n) is 6.77. The van der Waals surface area contributed by atoms with Gasteiger partial charge in [0.2, 0.25) is 11.8 Å². The van der Waals surface area contributed by atoms with Crippen molar-refractivity contribution in [3.05, 3.63) is 71.2 Å². The van der Waals surface area contributed by atoms with E-state index in [0.29, 0.717) is 19.0 Å². The highest BCUT2D eigenvalue weighted by Gasteiger charge is 2.33. The number of thiazole rings is 1. The molecule has 0 bridgehead atoms. The van der Waals surface area contributed by atoms with Crippen molar-refractivity contribution in [1.82, 2.24) is 14.8 Å².